The van der Waals surface area contributed by atoms with Gasteiger partial charge in [-0.15, -0.1) is 0 Å². The zero-order valence-electron chi connectivity index (χ0n) is 7.89. The minimum Gasteiger partial charge on any atom is -0.368 e. The van der Waals surface area contributed by atoms with Crippen LogP contribution in [-0.2, 0) is 0 Å². The van der Waals surface area contributed by atoms with E-state index in [9.17, 15) is 0 Å². The van der Waals surface area contributed by atoms with Crippen molar-refractivity contribution >= 4 is 6.21 Å². The topological polar surface area (TPSA) is 41.6 Å². The minimum absolute atomic E-state index is 0.443. The van der Waals surface area contributed by atoms with Crippen LogP contribution < -0.4 is 5.73 Å². The van der Waals surface area contributed by atoms with Crippen molar-refractivity contribution in [2.75, 3.05) is 6.54 Å². The Hall–Kier alpha value is -0.830. The van der Waals surface area contributed by atoms with Crippen LogP contribution in [0.4, 0.5) is 0 Å². The lowest BCUT2D eigenvalue weighted by Gasteiger charge is -2.35. The van der Waals surface area contributed by atoms with Crippen LogP contribution in [0.25, 0.3) is 0 Å². The second-order valence-electron chi connectivity index (χ2n) is 3.90. The number of aliphatic imine (C=N–C) groups is 1. The maximum absolute atomic E-state index is 5.86. The summed E-state index contributed by atoms with van der Waals surface area (Å²) in [4.78, 5) is 6.44. The van der Waals surface area contributed by atoms with Gasteiger partial charge in [0.1, 0.15) is 0 Å². The molecule has 0 spiro atoms. The maximum atomic E-state index is 5.86. The minimum atomic E-state index is 0.443. The van der Waals surface area contributed by atoms with E-state index in [-0.39, 0.29) is 0 Å². The predicted molar refractivity (Wildman–Crippen MR) is 54.6 cm³/mol. The Kier molecular flexibility index (Phi) is 2.64. The van der Waals surface area contributed by atoms with Gasteiger partial charge in [-0.3, -0.25) is 4.99 Å². The molecule has 0 saturated heterocycles. The van der Waals surface area contributed by atoms with Crippen molar-refractivity contribution in [1.82, 2.24) is 4.90 Å². The van der Waals surface area contributed by atoms with Crippen molar-refractivity contribution < 1.29 is 0 Å². The fraction of sp³-hybridized carbons (Fsp3) is 0.700. The molecule has 0 aromatic rings. The van der Waals surface area contributed by atoms with E-state index in [0.29, 0.717) is 12.1 Å². The summed E-state index contributed by atoms with van der Waals surface area (Å²) in [6.45, 7) is 0.969. The molecule has 2 N–H and O–H groups in total. The second-order valence-corrected chi connectivity index (χ2v) is 3.90. The molecule has 0 unspecified atom stereocenters. The summed E-state index contributed by atoms with van der Waals surface area (Å²) in [5, 5.41) is 0. The van der Waals surface area contributed by atoms with Gasteiger partial charge in [0.25, 0.3) is 0 Å². The molecule has 3 heteroatoms. The molecule has 3 nitrogen and oxygen atoms in total. The molecule has 1 aliphatic heterocycles. The Morgan fingerprint density at radius 2 is 2.00 bits per heavy atom. The van der Waals surface area contributed by atoms with Crippen molar-refractivity contribution in [3.8, 4) is 0 Å². The first-order valence-electron chi connectivity index (χ1n) is 5.06. The van der Waals surface area contributed by atoms with E-state index in [1.807, 2.05) is 12.4 Å². The zero-order valence-corrected chi connectivity index (χ0v) is 7.89. The van der Waals surface area contributed by atoms with Crippen LogP contribution in [0.1, 0.15) is 25.7 Å². The molecule has 72 valence electrons. The smallest absolute Gasteiger partial charge is 0.0530 e. The van der Waals surface area contributed by atoms with Crippen molar-refractivity contribution in [2.45, 2.75) is 37.8 Å². The summed E-state index contributed by atoms with van der Waals surface area (Å²) in [6.07, 6.45) is 10.8. The van der Waals surface area contributed by atoms with E-state index < -0.39 is 0 Å². The molecule has 13 heavy (non-hydrogen) atoms. The first-order valence-corrected chi connectivity index (χ1v) is 5.06. The summed E-state index contributed by atoms with van der Waals surface area (Å²) < 4.78 is 0. The van der Waals surface area contributed by atoms with Gasteiger partial charge in [0.15, 0.2) is 0 Å². The first kappa shape index (κ1) is 8.75. The van der Waals surface area contributed by atoms with Gasteiger partial charge in [0, 0.05) is 30.7 Å². The van der Waals surface area contributed by atoms with Gasteiger partial charge < -0.3 is 10.6 Å². The van der Waals surface area contributed by atoms with Crippen LogP contribution in [0.15, 0.2) is 17.4 Å². The average Bonchev–Trinajstić information content (AvgIpc) is 2.20. The highest BCUT2D eigenvalue weighted by molar-refractivity contribution is 5.61. The summed E-state index contributed by atoms with van der Waals surface area (Å²) >= 11 is 0. The lowest BCUT2D eigenvalue weighted by atomic mass is 9.91. The van der Waals surface area contributed by atoms with Gasteiger partial charge in [-0.1, -0.05) is 0 Å². The molecule has 1 fully saturated rings. The Morgan fingerprint density at radius 3 is 2.62 bits per heavy atom. The molecule has 1 heterocycles. The van der Waals surface area contributed by atoms with Gasteiger partial charge >= 0.3 is 0 Å². The molecule has 1 aliphatic carbocycles. The number of nitrogens with zero attached hydrogens (tertiary/aromatic N) is 2. The Morgan fingerprint density at radius 1 is 1.23 bits per heavy atom. The highest BCUT2D eigenvalue weighted by atomic mass is 15.2. The monoisotopic (exact) mass is 179 g/mol. The van der Waals surface area contributed by atoms with Crippen LogP contribution in [0.5, 0.6) is 0 Å². The second kappa shape index (κ2) is 3.92. The van der Waals surface area contributed by atoms with Crippen molar-refractivity contribution in [2.24, 2.45) is 10.7 Å². The van der Waals surface area contributed by atoms with E-state index in [1.165, 1.54) is 25.7 Å². The standard InChI is InChI=1S/C10H17N3/c11-9-1-3-10(4-2-9)13-7-5-12-6-8-13/h5-7,9-10H,1-4,8,11H2. The third kappa shape index (κ3) is 2.10. The SMILES string of the molecule is NC1CCC(N2C=CN=CC2)CC1. The summed E-state index contributed by atoms with van der Waals surface area (Å²) in [6, 6.07) is 1.14. The van der Waals surface area contributed by atoms with Crippen molar-refractivity contribution in [3.05, 3.63) is 12.4 Å². The van der Waals surface area contributed by atoms with Crippen LogP contribution >= 0.6 is 0 Å². The summed E-state index contributed by atoms with van der Waals surface area (Å²) in [5.41, 5.74) is 5.86. The third-order valence-corrected chi connectivity index (χ3v) is 2.95. The van der Waals surface area contributed by atoms with E-state index in [0.717, 1.165) is 6.54 Å². The molecule has 0 atom stereocenters. The molecular formula is C10H17N3. The highest BCUT2D eigenvalue weighted by Gasteiger charge is 2.22. The molecule has 0 aromatic carbocycles. The molecule has 2 rings (SSSR count). The number of rotatable bonds is 1. The lowest BCUT2D eigenvalue weighted by molar-refractivity contribution is 0.227. The van der Waals surface area contributed by atoms with Crippen LogP contribution in [0, 0.1) is 0 Å². The van der Waals surface area contributed by atoms with E-state index >= 15 is 0 Å². The van der Waals surface area contributed by atoms with E-state index in [2.05, 4.69) is 16.1 Å². The third-order valence-electron chi connectivity index (χ3n) is 2.95. The van der Waals surface area contributed by atoms with Crippen LogP contribution in [-0.4, -0.2) is 29.7 Å². The predicted octanol–water partition coefficient (Wildman–Crippen LogP) is 1.11. The average molecular weight is 179 g/mol. The fourth-order valence-electron chi connectivity index (χ4n) is 2.09. The van der Waals surface area contributed by atoms with Gasteiger partial charge in [-0.2, -0.15) is 0 Å². The largest absolute Gasteiger partial charge is 0.368 e. The lowest BCUT2D eigenvalue weighted by Crippen LogP contribution is -2.39. The first-order chi connectivity index (χ1) is 6.36. The maximum Gasteiger partial charge on any atom is 0.0530 e. The molecule has 0 radical (unpaired) electrons. The van der Waals surface area contributed by atoms with Crippen molar-refractivity contribution in [1.29, 1.82) is 0 Å². The highest BCUT2D eigenvalue weighted by Crippen LogP contribution is 2.22. The van der Waals surface area contributed by atoms with Crippen molar-refractivity contribution in [3.63, 3.8) is 0 Å². The molecule has 0 bridgehead atoms. The summed E-state index contributed by atoms with van der Waals surface area (Å²) in [7, 11) is 0. The number of hydrogen-bond acceptors (Lipinski definition) is 3. The van der Waals surface area contributed by atoms with E-state index in [4.69, 9.17) is 5.73 Å². The Balaban J connectivity index is 1.87. The van der Waals surface area contributed by atoms with Crippen LogP contribution in [0.3, 0.4) is 0 Å². The number of nitrogens with two attached hydrogens (primary N) is 1. The van der Waals surface area contributed by atoms with Gasteiger partial charge in [-0.05, 0) is 25.7 Å². The normalized spacial score (nSPS) is 33.8. The van der Waals surface area contributed by atoms with E-state index in [1.54, 1.807) is 0 Å². The fourth-order valence-corrected chi connectivity index (χ4v) is 2.09. The molecule has 0 amide bonds. The Labute approximate surface area is 79.3 Å². The zero-order chi connectivity index (χ0) is 9.10. The molecule has 2 aliphatic rings. The summed E-state index contributed by atoms with van der Waals surface area (Å²) in [5.74, 6) is 0. The molecule has 1 saturated carbocycles. The molecular weight excluding hydrogens is 162 g/mol. The van der Waals surface area contributed by atoms with Gasteiger partial charge in [-0.25, -0.2) is 0 Å². The van der Waals surface area contributed by atoms with Gasteiger partial charge in [0.2, 0.25) is 0 Å². The van der Waals surface area contributed by atoms with Crippen LogP contribution in [0.2, 0.25) is 0 Å². The quantitative estimate of drug-likeness (QED) is 0.655. The number of hydrogen-bond donors (Lipinski definition) is 1. The Bertz CT molecular complexity index is 214. The van der Waals surface area contributed by atoms with Gasteiger partial charge in [0.05, 0.1) is 6.54 Å². The molecule has 0 aromatic heterocycles.